The summed E-state index contributed by atoms with van der Waals surface area (Å²) in [5, 5.41) is 12.8. The van der Waals surface area contributed by atoms with Gasteiger partial charge in [0.05, 0.1) is 0 Å². The van der Waals surface area contributed by atoms with Crippen LogP contribution in [0, 0.1) is 6.92 Å². The van der Waals surface area contributed by atoms with Gasteiger partial charge in [0.15, 0.2) is 6.10 Å². The smallest absolute Gasteiger partial charge is 0.252 e. The molecule has 0 saturated carbocycles. The van der Waals surface area contributed by atoms with Gasteiger partial charge in [0.25, 0.3) is 5.91 Å². The molecular formula is C22H28N2O3. The van der Waals surface area contributed by atoms with Gasteiger partial charge in [-0.25, -0.2) is 0 Å². The molecule has 0 aromatic heterocycles. The predicted molar refractivity (Wildman–Crippen MR) is 105 cm³/mol. The molecule has 0 unspecified atom stereocenters. The molecule has 2 aromatic rings. The van der Waals surface area contributed by atoms with Crippen molar-refractivity contribution in [3.05, 3.63) is 65.2 Å². The standard InChI is InChI=1S/C22H28N2O3/c1-17-6-2-3-7-21(17)27-16-20(25)22(26)23-14-18-8-10-19(11-9-18)15-24-12-4-5-13-24/h2-3,6-11,20,25H,4-5,12-16H2,1H3,(H,23,26)/t20-/m1/s1. The maximum atomic E-state index is 12.1. The minimum absolute atomic E-state index is 0.0640. The molecular weight excluding hydrogens is 340 g/mol. The van der Waals surface area contributed by atoms with E-state index in [0.717, 1.165) is 17.7 Å². The van der Waals surface area contributed by atoms with Crippen LogP contribution in [0.3, 0.4) is 0 Å². The Hall–Kier alpha value is -2.37. The van der Waals surface area contributed by atoms with Gasteiger partial charge in [-0.05, 0) is 55.6 Å². The quantitative estimate of drug-likeness (QED) is 0.752. The Morgan fingerprint density at radius 2 is 1.78 bits per heavy atom. The monoisotopic (exact) mass is 368 g/mol. The van der Waals surface area contributed by atoms with Crippen molar-refractivity contribution in [2.45, 2.75) is 39.0 Å². The molecule has 144 valence electrons. The second-order valence-corrected chi connectivity index (χ2v) is 7.11. The summed E-state index contributed by atoms with van der Waals surface area (Å²) >= 11 is 0. The van der Waals surface area contributed by atoms with Crippen molar-refractivity contribution in [2.24, 2.45) is 0 Å². The van der Waals surface area contributed by atoms with Crippen LogP contribution in [-0.2, 0) is 17.9 Å². The highest BCUT2D eigenvalue weighted by atomic mass is 16.5. The lowest BCUT2D eigenvalue weighted by molar-refractivity contribution is -0.130. The SMILES string of the molecule is Cc1ccccc1OC[C@@H](O)C(=O)NCc1ccc(CN2CCCC2)cc1. The number of rotatable bonds is 8. The number of amides is 1. The van der Waals surface area contributed by atoms with Crippen molar-refractivity contribution in [2.75, 3.05) is 19.7 Å². The first-order chi connectivity index (χ1) is 13.1. The number of aryl methyl sites for hydroxylation is 1. The Bertz CT molecular complexity index is 739. The molecule has 1 amide bonds. The maximum absolute atomic E-state index is 12.1. The van der Waals surface area contributed by atoms with E-state index in [0.29, 0.717) is 12.3 Å². The number of carbonyl (C=O) groups excluding carboxylic acids is 1. The van der Waals surface area contributed by atoms with Crippen LogP contribution in [0.4, 0.5) is 0 Å². The van der Waals surface area contributed by atoms with Crippen LogP contribution in [0.2, 0.25) is 0 Å². The maximum Gasteiger partial charge on any atom is 0.252 e. The minimum Gasteiger partial charge on any atom is -0.490 e. The normalized spacial score (nSPS) is 15.5. The first-order valence-corrected chi connectivity index (χ1v) is 9.56. The molecule has 27 heavy (non-hydrogen) atoms. The number of aliphatic hydroxyl groups excluding tert-OH is 1. The average Bonchev–Trinajstić information content (AvgIpc) is 3.19. The van der Waals surface area contributed by atoms with Gasteiger partial charge in [0.2, 0.25) is 0 Å². The third kappa shape index (κ3) is 5.81. The number of hydrogen-bond donors (Lipinski definition) is 2. The van der Waals surface area contributed by atoms with Crippen molar-refractivity contribution < 1.29 is 14.6 Å². The fourth-order valence-electron chi connectivity index (χ4n) is 3.23. The van der Waals surface area contributed by atoms with Gasteiger partial charge in [0, 0.05) is 13.1 Å². The van der Waals surface area contributed by atoms with Crippen molar-refractivity contribution in [1.29, 1.82) is 0 Å². The van der Waals surface area contributed by atoms with E-state index in [1.165, 1.54) is 31.5 Å². The Balaban J connectivity index is 1.42. The second-order valence-electron chi connectivity index (χ2n) is 7.11. The number of aliphatic hydroxyl groups is 1. The van der Waals surface area contributed by atoms with E-state index >= 15 is 0 Å². The number of ether oxygens (including phenoxy) is 1. The second kappa shape index (κ2) is 9.53. The lowest BCUT2D eigenvalue weighted by Crippen LogP contribution is -2.37. The van der Waals surface area contributed by atoms with Crippen LogP contribution in [0.5, 0.6) is 5.75 Å². The average molecular weight is 368 g/mol. The number of para-hydroxylation sites is 1. The zero-order valence-electron chi connectivity index (χ0n) is 15.9. The van der Waals surface area contributed by atoms with E-state index < -0.39 is 12.0 Å². The number of carbonyl (C=O) groups is 1. The zero-order chi connectivity index (χ0) is 19.1. The van der Waals surface area contributed by atoms with Gasteiger partial charge in [-0.15, -0.1) is 0 Å². The van der Waals surface area contributed by atoms with Gasteiger partial charge in [-0.2, -0.15) is 0 Å². The lowest BCUT2D eigenvalue weighted by Gasteiger charge is -2.15. The number of nitrogens with one attached hydrogen (secondary N) is 1. The Morgan fingerprint density at radius 1 is 1.11 bits per heavy atom. The van der Waals surface area contributed by atoms with Crippen molar-refractivity contribution in [3.8, 4) is 5.75 Å². The van der Waals surface area contributed by atoms with Crippen molar-refractivity contribution in [1.82, 2.24) is 10.2 Å². The number of hydrogen-bond acceptors (Lipinski definition) is 4. The molecule has 1 aliphatic heterocycles. The fraction of sp³-hybridized carbons (Fsp3) is 0.409. The third-order valence-electron chi connectivity index (χ3n) is 4.89. The molecule has 1 atom stereocenters. The van der Waals surface area contributed by atoms with Gasteiger partial charge in [-0.3, -0.25) is 9.69 Å². The van der Waals surface area contributed by atoms with Crippen LogP contribution in [0.15, 0.2) is 48.5 Å². The molecule has 3 rings (SSSR count). The molecule has 1 heterocycles. The molecule has 0 radical (unpaired) electrons. The van der Waals surface area contributed by atoms with Crippen LogP contribution in [0.25, 0.3) is 0 Å². The lowest BCUT2D eigenvalue weighted by atomic mass is 10.1. The van der Waals surface area contributed by atoms with Crippen LogP contribution >= 0.6 is 0 Å². The summed E-state index contributed by atoms with van der Waals surface area (Å²) in [6.45, 7) is 5.60. The van der Waals surface area contributed by atoms with E-state index in [-0.39, 0.29) is 6.61 Å². The first kappa shape index (κ1) is 19.4. The topological polar surface area (TPSA) is 61.8 Å². The summed E-state index contributed by atoms with van der Waals surface area (Å²) in [6.07, 6.45) is 1.39. The van der Waals surface area contributed by atoms with Gasteiger partial charge >= 0.3 is 0 Å². The highest BCUT2D eigenvalue weighted by molar-refractivity contribution is 5.80. The number of benzene rings is 2. The highest BCUT2D eigenvalue weighted by Crippen LogP contribution is 2.16. The zero-order valence-corrected chi connectivity index (χ0v) is 15.9. The molecule has 1 saturated heterocycles. The molecule has 5 heteroatoms. The number of nitrogens with zero attached hydrogens (tertiary/aromatic N) is 1. The first-order valence-electron chi connectivity index (χ1n) is 9.56. The summed E-state index contributed by atoms with van der Waals surface area (Å²) in [6, 6.07) is 15.8. The molecule has 0 aliphatic carbocycles. The minimum atomic E-state index is -1.20. The van der Waals surface area contributed by atoms with Crippen molar-refractivity contribution in [3.63, 3.8) is 0 Å². The Labute approximate surface area is 161 Å². The van der Waals surface area contributed by atoms with E-state index in [1.807, 2.05) is 43.3 Å². The molecule has 0 bridgehead atoms. The van der Waals surface area contributed by atoms with Gasteiger partial charge in [-0.1, -0.05) is 42.5 Å². The molecule has 5 nitrogen and oxygen atoms in total. The van der Waals surface area contributed by atoms with Crippen molar-refractivity contribution >= 4 is 5.91 Å². The fourth-order valence-corrected chi connectivity index (χ4v) is 3.23. The van der Waals surface area contributed by atoms with E-state index in [2.05, 4.69) is 22.3 Å². The number of likely N-dealkylation sites (tertiary alicyclic amines) is 1. The summed E-state index contributed by atoms with van der Waals surface area (Å²) in [5.74, 6) is 0.252. The highest BCUT2D eigenvalue weighted by Gasteiger charge is 2.16. The van der Waals surface area contributed by atoms with Gasteiger partial charge < -0.3 is 15.2 Å². The third-order valence-corrected chi connectivity index (χ3v) is 4.89. The van der Waals surface area contributed by atoms with Crippen LogP contribution in [-0.4, -0.2) is 41.7 Å². The largest absolute Gasteiger partial charge is 0.490 e. The predicted octanol–water partition coefficient (Wildman–Crippen LogP) is 2.65. The summed E-state index contributed by atoms with van der Waals surface area (Å²) in [4.78, 5) is 14.5. The molecule has 0 spiro atoms. The Kier molecular flexibility index (Phi) is 6.85. The van der Waals surface area contributed by atoms with Gasteiger partial charge in [0.1, 0.15) is 12.4 Å². The summed E-state index contributed by atoms with van der Waals surface area (Å²) in [7, 11) is 0. The van der Waals surface area contributed by atoms with Crippen LogP contribution in [0.1, 0.15) is 29.5 Å². The molecule has 1 fully saturated rings. The summed E-state index contributed by atoms with van der Waals surface area (Å²) in [5.41, 5.74) is 3.28. The van der Waals surface area contributed by atoms with E-state index in [9.17, 15) is 9.90 Å². The van der Waals surface area contributed by atoms with E-state index in [4.69, 9.17) is 4.74 Å². The molecule has 1 aliphatic rings. The summed E-state index contributed by atoms with van der Waals surface area (Å²) < 4.78 is 5.54. The molecule has 2 N–H and O–H groups in total. The van der Waals surface area contributed by atoms with E-state index in [1.54, 1.807) is 0 Å². The molecule has 2 aromatic carbocycles. The Morgan fingerprint density at radius 3 is 2.48 bits per heavy atom. The van der Waals surface area contributed by atoms with Crippen LogP contribution < -0.4 is 10.1 Å².